The number of aliphatic carboxylic acids is 1. The Balaban J connectivity index is 2.35. The summed E-state index contributed by atoms with van der Waals surface area (Å²) in [5.74, 6) is -2.15. The van der Waals surface area contributed by atoms with Gasteiger partial charge in [0.15, 0.2) is 0 Å². The molecule has 1 unspecified atom stereocenters. The molecule has 1 saturated heterocycles. The Hall–Kier alpha value is -1.63. The topological polar surface area (TPSA) is 110 Å². The van der Waals surface area contributed by atoms with Gasteiger partial charge in [-0.1, -0.05) is 0 Å². The van der Waals surface area contributed by atoms with Gasteiger partial charge in [0.1, 0.15) is 13.2 Å². The number of amides is 2. The van der Waals surface area contributed by atoms with Gasteiger partial charge in [-0.2, -0.15) is 0 Å². The lowest BCUT2D eigenvalue weighted by atomic mass is 9.97. The molecule has 0 bridgehead atoms. The molecule has 0 radical (unpaired) electrons. The maximum Gasteiger partial charge on any atom is 0.329 e. The molecule has 0 aliphatic carbocycles. The maximum atomic E-state index is 11.6. The third-order valence-electron chi connectivity index (χ3n) is 2.63. The van der Waals surface area contributed by atoms with Crippen molar-refractivity contribution in [2.24, 2.45) is 11.7 Å². The average Bonchev–Trinajstić information content (AvgIpc) is 2.28. The second-order valence-electron chi connectivity index (χ2n) is 3.97. The fraction of sp³-hybridized carbons (Fsp3) is 0.700. The van der Waals surface area contributed by atoms with Crippen molar-refractivity contribution in [3.05, 3.63) is 0 Å². The first-order chi connectivity index (χ1) is 8.00. The Morgan fingerprint density at radius 3 is 2.65 bits per heavy atom. The van der Waals surface area contributed by atoms with E-state index in [-0.39, 0.29) is 18.4 Å². The molecule has 96 valence electrons. The molecule has 0 aromatic heterocycles. The molecule has 0 aromatic rings. The SMILES string of the molecule is NC(=O)C1CCCN(C(=O)COCC(=O)O)C1. The maximum absolute atomic E-state index is 11.6. The molecule has 1 aliphatic rings. The standard InChI is InChI=1S/C10H16N2O5/c11-10(16)7-2-1-3-12(4-7)8(13)5-17-6-9(14)15/h7H,1-6H2,(H2,11,16)(H,14,15). The number of piperidine rings is 1. The number of likely N-dealkylation sites (tertiary alicyclic amines) is 1. The van der Waals surface area contributed by atoms with Crippen molar-refractivity contribution >= 4 is 17.8 Å². The lowest BCUT2D eigenvalue weighted by Crippen LogP contribution is -2.45. The van der Waals surface area contributed by atoms with E-state index in [1.165, 1.54) is 4.90 Å². The third kappa shape index (κ3) is 4.39. The van der Waals surface area contributed by atoms with E-state index in [0.29, 0.717) is 19.5 Å². The molecule has 1 fully saturated rings. The minimum Gasteiger partial charge on any atom is -0.480 e. The summed E-state index contributed by atoms with van der Waals surface area (Å²) < 4.78 is 4.70. The van der Waals surface area contributed by atoms with Crippen molar-refractivity contribution in [2.75, 3.05) is 26.3 Å². The van der Waals surface area contributed by atoms with Crippen LogP contribution in [0.15, 0.2) is 0 Å². The minimum absolute atomic E-state index is 0.280. The molecule has 1 heterocycles. The first kappa shape index (κ1) is 13.4. The second-order valence-corrected chi connectivity index (χ2v) is 3.97. The highest BCUT2D eigenvalue weighted by atomic mass is 16.5. The van der Waals surface area contributed by atoms with E-state index in [4.69, 9.17) is 15.6 Å². The number of primary amides is 1. The van der Waals surface area contributed by atoms with Crippen molar-refractivity contribution in [2.45, 2.75) is 12.8 Å². The molecule has 0 aromatic carbocycles. The van der Waals surface area contributed by atoms with E-state index in [1.54, 1.807) is 0 Å². The monoisotopic (exact) mass is 244 g/mol. The Morgan fingerprint density at radius 1 is 1.35 bits per heavy atom. The summed E-state index contributed by atoms with van der Waals surface area (Å²) in [5.41, 5.74) is 5.18. The van der Waals surface area contributed by atoms with E-state index in [1.807, 2.05) is 0 Å². The van der Waals surface area contributed by atoms with Crippen molar-refractivity contribution in [1.82, 2.24) is 4.90 Å². The summed E-state index contributed by atoms with van der Waals surface area (Å²) in [5, 5.41) is 8.34. The number of hydrogen-bond donors (Lipinski definition) is 2. The highest BCUT2D eigenvalue weighted by molar-refractivity contribution is 5.81. The molecule has 17 heavy (non-hydrogen) atoms. The summed E-state index contributed by atoms with van der Waals surface area (Å²) in [6.07, 6.45) is 1.41. The molecular formula is C10H16N2O5. The molecule has 0 spiro atoms. The summed E-state index contributed by atoms with van der Waals surface area (Å²) in [4.78, 5) is 34.3. The van der Waals surface area contributed by atoms with Crippen LogP contribution in [0.25, 0.3) is 0 Å². The van der Waals surface area contributed by atoms with Gasteiger partial charge < -0.3 is 20.5 Å². The van der Waals surface area contributed by atoms with E-state index in [9.17, 15) is 14.4 Å². The fourth-order valence-corrected chi connectivity index (χ4v) is 1.75. The highest BCUT2D eigenvalue weighted by Gasteiger charge is 2.26. The van der Waals surface area contributed by atoms with Gasteiger partial charge in [0, 0.05) is 13.1 Å². The van der Waals surface area contributed by atoms with Crippen LogP contribution in [0, 0.1) is 5.92 Å². The Morgan fingerprint density at radius 2 is 2.06 bits per heavy atom. The van der Waals surface area contributed by atoms with E-state index in [0.717, 1.165) is 6.42 Å². The first-order valence-corrected chi connectivity index (χ1v) is 5.37. The number of rotatable bonds is 5. The predicted octanol–water partition coefficient (Wildman–Crippen LogP) is -1.19. The highest BCUT2D eigenvalue weighted by Crippen LogP contribution is 2.15. The number of nitrogens with two attached hydrogens (primary N) is 1. The van der Waals surface area contributed by atoms with Gasteiger partial charge in [-0.3, -0.25) is 9.59 Å². The third-order valence-corrected chi connectivity index (χ3v) is 2.63. The quantitative estimate of drug-likeness (QED) is 0.632. The van der Waals surface area contributed by atoms with Crippen molar-refractivity contribution in [3.63, 3.8) is 0 Å². The molecule has 1 rings (SSSR count). The summed E-state index contributed by atoms with van der Waals surface area (Å²) in [7, 11) is 0. The van der Waals surface area contributed by atoms with Crippen LogP contribution in [0.4, 0.5) is 0 Å². The summed E-state index contributed by atoms with van der Waals surface area (Å²) in [6.45, 7) is 0.0697. The number of hydrogen-bond acceptors (Lipinski definition) is 4. The van der Waals surface area contributed by atoms with Crippen LogP contribution in [0.2, 0.25) is 0 Å². The minimum atomic E-state index is -1.12. The van der Waals surface area contributed by atoms with Gasteiger partial charge in [-0.05, 0) is 12.8 Å². The van der Waals surface area contributed by atoms with E-state index < -0.39 is 18.5 Å². The average molecular weight is 244 g/mol. The largest absolute Gasteiger partial charge is 0.480 e. The van der Waals surface area contributed by atoms with Gasteiger partial charge in [0.05, 0.1) is 5.92 Å². The van der Waals surface area contributed by atoms with Crippen LogP contribution in [-0.2, 0) is 19.1 Å². The number of carboxylic acid groups (broad SMARTS) is 1. The van der Waals surface area contributed by atoms with Crippen LogP contribution >= 0.6 is 0 Å². The fourth-order valence-electron chi connectivity index (χ4n) is 1.75. The molecule has 7 heteroatoms. The molecular weight excluding hydrogens is 228 g/mol. The summed E-state index contributed by atoms with van der Waals surface area (Å²) >= 11 is 0. The number of ether oxygens (including phenoxy) is 1. The normalized spacial score (nSPS) is 20.0. The molecule has 7 nitrogen and oxygen atoms in total. The lowest BCUT2D eigenvalue weighted by Gasteiger charge is -2.31. The van der Waals surface area contributed by atoms with Gasteiger partial charge in [-0.15, -0.1) is 0 Å². The molecule has 1 aliphatic heterocycles. The Bertz CT molecular complexity index is 318. The van der Waals surface area contributed by atoms with Crippen LogP contribution in [0.1, 0.15) is 12.8 Å². The smallest absolute Gasteiger partial charge is 0.329 e. The molecule has 2 amide bonds. The van der Waals surface area contributed by atoms with Gasteiger partial charge in [0.25, 0.3) is 0 Å². The number of carbonyl (C=O) groups is 3. The van der Waals surface area contributed by atoms with Crippen LogP contribution < -0.4 is 5.73 Å². The molecule has 1 atom stereocenters. The number of carboxylic acids is 1. The van der Waals surface area contributed by atoms with Gasteiger partial charge >= 0.3 is 5.97 Å². The second kappa shape index (κ2) is 6.19. The van der Waals surface area contributed by atoms with Crippen molar-refractivity contribution in [3.8, 4) is 0 Å². The summed E-state index contributed by atoms with van der Waals surface area (Å²) in [6, 6.07) is 0. The van der Waals surface area contributed by atoms with E-state index in [2.05, 4.69) is 0 Å². The van der Waals surface area contributed by atoms with Crippen molar-refractivity contribution in [1.29, 1.82) is 0 Å². The van der Waals surface area contributed by atoms with E-state index >= 15 is 0 Å². The van der Waals surface area contributed by atoms with Crippen molar-refractivity contribution < 1.29 is 24.2 Å². The van der Waals surface area contributed by atoms with Crippen LogP contribution in [0.5, 0.6) is 0 Å². The van der Waals surface area contributed by atoms with Gasteiger partial charge in [-0.25, -0.2) is 4.79 Å². The van der Waals surface area contributed by atoms with Gasteiger partial charge in [0.2, 0.25) is 11.8 Å². The zero-order valence-electron chi connectivity index (χ0n) is 9.42. The lowest BCUT2D eigenvalue weighted by molar-refractivity contribution is -0.146. The van der Waals surface area contributed by atoms with Crippen LogP contribution in [0.3, 0.4) is 0 Å². The number of nitrogens with zero attached hydrogens (tertiary/aromatic N) is 1. The zero-order chi connectivity index (χ0) is 12.8. The Labute approximate surface area is 98.5 Å². The first-order valence-electron chi connectivity index (χ1n) is 5.37. The predicted molar refractivity (Wildman–Crippen MR) is 57.0 cm³/mol. The molecule has 3 N–H and O–H groups in total. The Kier molecular flexibility index (Phi) is 4.89. The number of carbonyl (C=O) groups excluding carboxylic acids is 2. The van der Waals surface area contributed by atoms with Crippen LogP contribution in [-0.4, -0.2) is 54.1 Å². The zero-order valence-corrected chi connectivity index (χ0v) is 9.42. The molecule has 0 saturated carbocycles.